The molecule has 1 aliphatic heterocycles. The Kier molecular flexibility index (Phi) is 9.73. The minimum Gasteiger partial charge on any atom is -0.379 e. The fourth-order valence-corrected chi connectivity index (χ4v) is 5.79. The van der Waals surface area contributed by atoms with Gasteiger partial charge in [-0.25, -0.2) is 0 Å². The molecule has 1 aliphatic rings. The lowest BCUT2D eigenvalue weighted by Gasteiger charge is -2.45. The Bertz CT molecular complexity index is 1340. The van der Waals surface area contributed by atoms with Crippen LogP contribution in [-0.4, -0.2) is 78.7 Å². The number of likely N-dealkylation sites (N-methyl/N-ethyl adjacent to an activating group) is 1. The monoisotopic (exact) mass is 561 g/mol. The zero-order chi connectivity index (χ0) is 28.7. The van der Waals surface area contributed by atoms with Crippen LogP contribution in [-0.2, 0) is 16.0 Å². The van der Waals surface area contributed by atoms with Crippen molar-refractivity contribution in [2.45, 2.75) is 31.2 Å². The van der Waals surface area contributed by atoms with Crippen LogP contribution in [0.15, 0.2) is 66.7 Å². The van der Waals surface area contributed by atoms with Crippen molar-refractivity contribution in [2.75, 3.05) is 46.4 Å². The number of nitrogens with one attached hydrogen (secondary N) is 1. The molecule has 0 spiro atoms. The van der Waals surface area contributed by atoms with Gasteiger partial charge in [0.15, 0.2) is 5.11 Å². The highest BCUT2D eigenvalue weighted by molar-refractivity contribution is 7.80. The molecule has 4 rings (SSSR count). The summed E-state index contributed by atoms with van der Waals surface area (Å²) in [6.07, 6.45) is 1.25. The highest BCUT2D eigenvalue weighted by Crippen LogP contribution is 2.37. The fourth-order valence-electron chi connectivity index (χ4n) is 5.52. The number of carbonyl (C=O) groups is 2. The number of nitrogens with two attached hydrogens (primary N) is 2. The molecule has 0 aliphatic carbocycles. The second-order valence-corrected chi connectivity index (χ2v) is 10.8. The number of hydrogen-bond acceptors (Lipinski definition) is 5. The van der Waals surface area contributed by atoms with Crippen molar-refractivity contribution in [3.05, 3.63) is 83.4 Å². The summed E-state index contributed by atoms with van der Waals surface area (Å²) in [5, 5.41) is 6.03. The van der Waals surface area contributed by atoms with Crippen molar-refractivity contribution in [1.82, 2.24) is 15.1 Å². The number of primary amides is 2. The minimum atomic E-state index is -1.19. The molecule has 0 saturated carbocycles. The molecule has 3 aromatic rings. The molecule has 40 heavy (non-hydrogen) atoms. The molecule has 8 nitrogen and oxygen atoms in total. The standard InChI is InChI=1S/C31H39N5O3S/c1-22(24-10-12-26(13-11-24)28(32)37)31(29(33)38,21-23-8-9-25-6-3-4-7-27(25)20-23)35(2)30(40)34-14-5-15-36-16-18-39-19-17-36/h3-4,6-13,20,22H,5,14-19,21H2,1-2H3,(H2,32,37)(H2,33,38)(H,34,40). The normalized spacial score (nSPS) is 16.1. The molecule has 2 amide bonds. The van der Waals surface area contributed by atoms with Gasteiger partial charge in [0, 0.05) is 44.6 Å². The molecule has 0 radical (unpaired) electrons. The number of rotatable bonds is 11. The second-order valence-electron chi connectivity index (χ2n) is 10.5. The van der Waals surface area contributed by atoms with Crippen LogP contribution >= 0.6 is 12.2 Å². The molecule has 1 saturated heterocycles. The topological polar surface area (TPSA) is 114 Å². The van der Waals surface area contributed by atoms with Gasteiger partial charge in [-0.05, 0) is 59.2 Å². The van der Waals surface area contributed by atoms with Crippen LogP contribution in [0.25, 0.3) is 10.8 Å². The van der Waals surface area contributed by atoms with E-state index in [2.05, 4.69) is 34.5 Å². The van der Waals surface area contributed by atoms with Gasteiger partial charge >= 0.3 is 0 Å². The molecule has 0 bridgehead atoms. The highest BCUT2D eigenvalue weighted by Gasteiger charge is 2.47. The van der Waals surface area contributed by atoms with E-state index in [1.807, 2.05) is 49.2 Å². The van der Waals surface area contributed by atoms with Crippen LogP contribution in [0.1, 0.15) is 40.7 Å². The van der Waals surface area contributed by atoms with Crippen LogP contribution in [0.3, 0.4) is 0 Å². The number of ether oxygens (including phenoxy) is 1. The maximum Gasteiger partial charge on any atom is 0.248 e. The third-order valence-corrected chi connectivity index (χ3v) is 8.48. The van der Waals surface area contributed by atoms with Gasteiger partial charge in [0.05, 0.1) is 13.2 Å². The molecule has 5 N–H and O–H groups in total. The molecule has 1 fully saturated rings. The van der Waals surface area contributed by atoms with Crippen LogP contribution in [0, 0.1) is 0 Å². The van der Waals surface area contributed by atoms with Crippen LogP contribution in [0.5, 0.6) is 0 Å². The van der Waals surface area contributed by atoms with E-state index in [4.69, 9.17) is 28.4 Å². The molecule has 2 atom stereocenters. The van der Waals surface area contributed by atoms with Crippen LogP contribution in [0.4, 0.5) is 0 Å². The van der Waals surface area contributed by atoms with Gasteiger partial charge in [-0.15, -0.1) is 0 Å². The number of thiocarbonyl (C=S) groups is 1. The maximum atomic E-state index is 13.6. The van der Waals surface area contributed by atoms with Gasteiger partial charge in [0.1, 0.15) is 5.54 Å². The second kappa shape index (κ2) is 13.2. The van der Waals surface area contributed by atoms with Crippen LogP contribution in [0.2, 0.25) is 0 Å². The lowest BCUT2D eigenvalue weighted by Crippen LogP contribution is -2.64. The van der Waals surface area contributed by atoms with Crippen molar-refractivity contribution >= 4 is 39.9 Å². The van der Waals surface area contributed by atoms with E-state index >= 15 is 0 Å². The first-order valence-corrected chi connectivity index (χ1v) is 14.1. The largest absolute Gasteiger partial charge is 0.379 e. The highest BCUT2D eigenvalue weighted by atomic mass is 32.1. The van der Waals surface area contributed by atoms with E-state index in [0.717, 1.165) is 61.2 Å². The van der Waals surface area contributed by atoms with Crippen molar-refractivity contribution in [1.29, 1.82) is 0 Å². The third-order valence-electron chi connectivity index (χ3n) is 8.06. The van der Waals surface area contributed by atoms with E-state index in [1.54, 1.807) is 12.1 Å². The lowest BCUT2D eigenvalue weighted by atomic mass is 9.74. The maximum absolute atomic E-state index is 13.6. The molecule has 212 valence electrons. The van der Waals surface area contributed by atoms with Gasteiger partial charge in [-0.3, -0.25) is 14.5 Å². The molecule has 2 unspecified atom stereocenters. The molecule has 1 heterocycles. The summed E-state index contributed by atoms with van der Waals surface area (Å²) in [6.45, 7) is 7.00. The Labute approximate surface area is 241 Å². The van der Waals surface area contributed by atoms with Gasteiger partial charge < -0.3 is 26.4 Å². The summed E-state index contributed by atoms with van der Waals surface area (Å²) < 4.78 is 5.43. The number of carbonyl (C=O) groups excluding carboxylic acids is 2. The van der Waals surface area contributed by atoms with Crippen LogP contribution < -0.4 is 16.8 Å². The molecular formula is C31H39N5O3S. The Balaban J connectivity index is 1.62. The number of amides is 2. The minimum absolute atomic E-state index is 0.345. The fraction of sp³-hybridized carbons (Fsp3) is 0.387. The average molecular weight is 562 g/mol. The smallest absolute Gasteiger partial charge is 0.248 e. The van der Waals surface area contributed by atoms with Crippen molar-refractivity contribution in [2.24, 2.45) is 11.5 Å². The summed E-state index contributed by atoms with van der Waals surface area (Å²) in [5.74, 6) is -1.35. The van der Waals surface area contributed by atoms with Crippen molar-refractivity contribution < 1.29 is 14.3 Å². The van der Waals surface area contributed by atoms with Crippen molar-refractivity contribution in [3.8, 4) is 0 Å². The Morgan fingerprint density at radius 2 is 1.73 bits per heavy atom. The summed E-state index contributed by atoms with van der Waals surface area (Å²) in [4.78, 5) is 29.4. The summed E-state index contributed by atoms with van der Waals surface area (Å²) >= 11 is 5.84. The van der Waals surface area contributed by atoms with E-state index in [1.165, 1.54) is 0 Å². The quantitative estimate of drug-likeness (QED) is 0.244. The summed E-state index contributed by atoms with van der Waals surface area (Å²) in [6, 6.07) is 21.3. The Morgan fingerprint density at radius 3 is 2.38 bits per heavy atom. The molecule has 3 aromatic carbocycles. The Hall–Kier alpha value is -3.53. The first-order chi connectivity index (χ1) is 19.2. The predicted molar refractivity (Wildman–Crippen MR) is 163 cm³/mol. The first-order valence-electron chi connectivity index (χ1n) is 13.7. The van der Waals surface area contributed by atoms with E-state index in [-0.39, 0.29) is 5.92 Å². The van der Waals surface area contributed by atoms with Gasteiger partial charge in [-0.1, -0.05) is 61.5 Å². The van der Waals surface area contributed by atoms with E-state index in [0.29, 0.717) is 23.6 Å². The average Bonchev–Trinajstić information content (AvgIpc) is 2.97. The van der Waals surface area contributed by atoms with Gasteiger partial charge in [0.25, 0.3) is 0 Å². The molecular weight excluding hydrogens is 522 g/mol. The number of morpholine rings is 1. The van der Waals surface area contributed by atoms with E-state index < -0.39 is 17.4 Å². The molecule has 0 aromatic heterocycles. The number of benzene rings is 3. The third kappa shape index (κ3) is 6.60. The van der Waals surface area contributed by atoms with Gasteiger partial charge in [-0.2, -0.15) is 0 Å². The summed E-state index contributed by atoms with van der Waals surface area (Å²) in [7, 11) is 1.83. The van der Waals surface area contributed by atoms with Gasteiger partial charge in [0.2, 0.25) is 11.8 Å². The summed E-state index contributed by atoms with van der Waals surface area (Å²) in [5.41, 5.74) is 12.8. The lowest BCUT2D eigenvalue weighted by molar-refractivity contribution is -0.128. The van der Waals surface area contributed by atoms with E-state index in [9.17, 15) is 9.59 Å². The zero-order valence-corrected chi connectivity index (χ0v) is 24.1. The Morgan fingerprint density at radius 1 is 1.05 bits per heavy atom. The zero-order valence-electron chi connectivity index (χ0n) is 23.3. The number of nitrogens with zero attached hydrogens (tertiary/aromatic N) is 2. The predicted octanol–water partition coefficient (Wildman–Crippen LogP) is 3.04. The number of fused-ring (bicyclic) bond motifs is 1. The van der Waals surface area contributed by atoms with Crippen molar-refractivity contribution in [3.63, 3.8) is 0 Å². The number of hydrogen-bond donors (Lipinski definition) is 3. The first kappa shape index (κ1) is 29.5. The SMILES string of the molecule is CC(c1ccc(C(N)=O)cc1)C(Cc1ccc2ccccc2c1)(C(N)=O)N(C)C(=S)NCCCN1CCOCC1. The molecule has 9 heteroatoms.